The van der Waals surface area contributed by atoms with Crippen LogP contribution in [0.5, 0.6) is 5.75 Å². The van der Waals surface area contributed by atoms with E-state index in [9.17, 15) is 9.18 Å². The van der Waals surface area contributed by atoms with E-state index in [0.717, 1.165) is 16.9 Å². The van der Waals surface area contributed by atoms with Gasteiger partial charge in [-0.05, 0) is 42.7 Å². The third-order valence-corrected chi connectivity index (χ3v) is 3.71. The maximum atomic E-state index is 13.3. The number of fused-ring (bicyclic) bond motifs is 1. The summed E-state index contributed by atoms with van der Waals surface area (Å²) in [7, 11) is 0. The molecule has 1 aliphatic rings. The molecular weight excluding hydrogens is 269 g/mol. The van der Waals surface area contributed by atoms with E-state index in [1.807, 2.05) is 31.2 Å². The van der Waals surface area contributed by atoms with E-state index in [-0.39, 0.29) is 17.6 Å². The molecule has 0 radical (unpaired) electrons. The van der Waals surface area contributed by atoms with Crippen LogP contribution < -0.4 is 10.1 Å². The predicted molar refractivity (Wildman–Crippen MR) is 78.9 cm³/mol. The number of nitrogens with one attached hydrogen (secondary N) is 1. The molecule has 0 unspecified atom stereocenters. The van der Waals surface area contributed by atoms with Crippen LogP contribution in [0, 0.1) is 18.7 Å². The van der Waals surface area contributed by atoms with Gasteiger partial charge in [-0.25, -0.2) is 4.39 Å². The highest BCUT2D eigenvalue weighted by atomic mass is 19.1. The van der Waals surface area contributed by atoms with Crippen molar-refractivity contribution in [1.82, 2.24) is 0 Å². The van der Waals surface area contributed by atoms with Gasteiger partial charge >= 0.3 is 0 Å². The Labute approximate surface area is 122 Å². The lowest BCUT2D eigenvalue weighted by atomic mass is 9.96. The average Bonchev–Trinajstić information content (AvgIpc) is 2.50. The van der Waals surface area contributed by atoms with Crippen LogP contribution in [0.1, 0.15) is 11.1 Å². The van der Waals surface area contributed by atoms with Crippen molar-refractivity contribution in [2.45, 2.75) is 13.3 Å². The quantitative estimate of drug-likeness (QED) is 0.919. The first-order chi connectivity index (χ1) is 10.1. The number of carbonyl (C=O) groups is 1. The largest absolute Gasteiger partial charge is 0.492 e. The molecule has 0 saturated heterocycles. The van der Waals surface area contributed by atoms with Crippen molar-refractivity contribution in [3.05, 3.63) is 59.4 Å². The number of ether oxygens (including phenoxy) is 1. The number of rotatable bonds is 2. The minimum atomic E-state index is -0.360. The molecule has 108 valence electrons. The van der Waals surface area contributed by atoms with E-state index in [1.54, 1.807) is 6.07 Å². The smallest absolute Gasteiger partial charge is 0.231 e. The van der Waals surface area contributed by atoms with Crippen molar-refractivity contribution in [2.24, 2.45) is 5.92 Å². The first kappa shape index (κ1) is 13.6. The van der Waals surface area contributed by atoms with E-state index >= 15 is 0 Å². The summed E-state index contributed by atoms with van der Waals surface area (Å²) in [6.45, 7) is 2.18. The topological polar surface area (TPSA) is 38.3 Å². The van der Waals surface area contributed by atoms with Crippen molar-refractivity contribution in [3.8, 4) is 5.75 Å². The highest BCUT2D eigenvalue weighted by molar-refractivity contribution is 5.93. The standard InChI is InChI=1S/C17H16FNO2/c1-11-6-7-14(18)9-15(11)19-17(20)13-8-12-4-2-3-5-16(12)21-10-13/h2-7,9,13H,8,10H2,1H3,(H,19,20)/t13-/m1/s1. The number of hydrogen-bond donors (Lipinski definition) is 1. The molecule has 0 aromatic heterocycles. The molecular formula is C17H16FNO2. The minimum Gasteiger partial charge on any atom is -0.492 e. The van der Waals surface area contributed by atoms with Gasteiger partial charge < -0.3 is 10.1 Å². The fraction of sp³-hybridized carbons (Fsp3) is 0.235. The molecule has 1 amide bonds. The van der Waals surface area contributed by atoms with Crippen LogP contribution in [0.3, 0.4) is 0 Å². The second kappa shape index (κ2) is 5.56. The molecule has 2 aromatic rings. The van der Waals surface area contributed by atoms with Gasteiger partial charge in [-0.1, -0.05) is 24.3 Å². The van der Waals surface area contributed by atoms with Crippen LogP contribution in [-0.4, -0.2) is 12.5 Å². The van der Waals surface area contributed by atoms with Gasteiger partial charge in [-0.3, -0.25) is 4.79 Å². The molecule has 21 heavy (non-hydrogen) atoms. The number of hydrogen-bond acceptors (Lipinski definition) is 2. The lowest BCUT2D eigenvalue weighted by Crippen LogP contribution is -2.32. The molecule has 0 saturated carbocycles. The Kier molecular flexibility index (Phi) is 3.60. The summed E-state index contributed by atoms with van der Waals surface area (Å²) >= 11 is 0. The van der Waals surface area contributed by atoms with E-state index in [1.165, 1.54) is 12.1 Å². The highest BCUT2D eigenvalue weighted by Gasteiger charge is 2.26. The maximum absolute atomic E-state index is 13.3. The SMILES string of the molecule is Cc1ccc(F)cc1NC(=O)[C@H]1COc2ccccc2C1. The molecule has 4 heteroatoms. The first-order valence-corrected chi connectivity index (χ1v) is 6.91. The molecule has 3 nitrogen and oxygen atoms in total. The normalized spacial score (nSPS) is 16.8. The molecule has 0 spiro atoms. The monoisotopic (exact) mass is 285 g/mol. The fourth-order valence-corrected chi connectivity index (χ4v) is 2.46. The minimum absolute atomic E-state index is 0.141. The van der Waals surface area contributed by atoms with Crippen molar-refractivity contribution in [3.63, 3.8) is 0 Å². The fourth-order valence-electron chi connectivity index (χ4n) is 2.46. The van der Waals surface area contributed by atoms with Crippen molar-refractivity contribution >= 4 is 11.6 Å². The molecule has 1 atom stereocenters. The van der Waals surface area contributed by atoms with Crippen molar-refractivity contribution in [2.75, 3.05) is 11.9 Å². The summed E-state index contributed by atoms with van der Waals surface area (Å²) in [6, 6.07) is 12.1. The summed E-state index contributed by atoms with van der Waals surface area (Å²) in [5.41, 5.74) is 2.38. The van der Waals surface area contributed by atoms with Gasteiger partial charge in [0.1, 0.15) is 18.2 Å². The summed E-state index contributed by atoms with van der Waals surface area (Å²) in [5, 5.41) is 2.79. The van der Waals surface area contributed by atoms with Gasteiger partial charge in [-0.15, -0.1) is 0 Å². The first-order valence-electron chi connectivity index (χ1n) is 6.91. The maximum Gasteiger partial charge on any atom is 0.231 e. The predicted octanol–water partition coefficient (Wildman–Crippen LogP) is 3.32. The summed E-state index contributed by atoms with van der Waals surface area (Å²) < 4.78 is 18.9. The number of aryl methyl sites for hydroxylation is 1. The van der Waals surface area contributed by atoms with Gasteiger partial charge in [-0.2, -0.15) is 0 Å². The second-order valence-corrected chi connectivity index (χ2v) is 5.27. The van der Waals surface area contributed by atoms with E-state index in [4.69, 9.17) is 4.74 Å². The third kappa shape index (κ3) is 2.89. The molecule has 0 aliphatic carbocycles. The molecule has 0 fully saturated rings. The van der Waals surface area contributed by atoms with Crippen LogP contribution in [0.4, 0.5) is 10.1 Å². The number of para-hydroxylation sites is 1. The van der Waals surface area contributed by atoms with Crippen molar-refractivity contribution < 1.29 is 13.9 Å². The Morgan fingerprint density at radius 3 is 2.95 bits per heavy atom. The van der Waals surface area contributed by atoms with Crippen LogP contribution in [0.25, 0.3) is 0 Å². The Morgan fingerprint density at radius 2 is 2.10 bits per heavy atom. The Hall–Kier alpha value is -2.36. The van der Waals surface area contributed by atoms with E-state index in [0.29, 0.717) is 18.7 Å². The summed E-state index contributed by atoms with van der Waals surface area (Å²) in [4.78, 5) is 12.3. The lowest BCUT2D eigenvalue weighted by Gasteiger charge is -2.24. The van der Waals surface area contributed by atoms with Crippen molar-refractivity contribution in [1.29, 1.82) is 0 Å². The number of benzene rings is 2. The summed E-state index contributed by atoms with van der Waals surface area (Å²) in [6.07, 6.45) is 0.635. The molecule has 3 rings (SSSR count). The Bertz CT molecular complexity index is 684. The Morgan fingerprint density at radius 1 is 1.29 bits per heavy atom. The van der Waals surface area contributed by atoms with Gasteiger partial charge in [0.2, 0.25) is 5.91 Å². The molecule has 1 aliphatic heterocycles. The van der Waals surface area contributed by atoms with Gasteiger partial charge in [0.15, 0.2) is 0 Å². The number of anilines is 1. The number of halogens is 1. The zero-order valence-corrected chi connectivity index (χ0v) is 11.7. The lowest BCUT2D eigenvalue weighted by molar-refractivity contribution is -0.121. The zero-order chi connectivity index (χ0) is 14.8. The third-order valence-electron chi connectivity index (χ3n) is 3.71. The molecule has 1 heterocycles. The molecule has 0 bridgehead atoms. The zero-order valence-electron chi connectivity index (χ0n) is 11.7. The van der Waals surface area contributed by atoms with Gasteiger partial charge in [0, 0.05) is 5.69 Å². The highest BCUT2D eigenvalue weighted by Crippen LogP contribution is 2.27. The van der Waals surface area contributed by atoms with Crippen LogP contribution in [0.15, 0.2) is 42.5 Å². The van der Waals surface area contributed by atoms with Crippen LogP contribution >= 0.6 is 0 Å². The Balaban J connectivity index is 1.74. The molecule has 1 N–H and O–H groups in total. The second-order valence-electron chi connectivity index (χ2n) is 5.27. The van der Waals surface area contributed by atoms with Gasteiger partial charge in [0.05, 0.1) is 5.92 Å². The van der Waals surface area contributed by atoms with Crippen LogP contribution in [0.2, 0.25) is 0 Å². The van der Waals surface area contributed by atoms with Crippen LogP contribution in [-0.2, 0) is 11.2 Å². The van der Waals surface area contributed by atoms with E-state index < -0.39 is 0 Å². The van der Waals surface area contributed by atoms with E-state index in [2.05, 4.69) is 5.32 Å². The number of carbonyl (C=O) groups excluding carboxylic acids is 1. The van der Waals surface area contributed by atoms with Gasteiger partial charge in [0.25, 0.3) is 0 Å². The summed E-state index contributed by atoms with van der Waals surface area (Å²) in [5.74, 6) is 0.0744. The number of amides is 1. The average molecular weight is 285 g/mol. The molecule has 2 aromatic carbocycles.